The summed E-state index contributed by atoms with van der Waals surface area (Å²) in [6, 6.07) is 4.78. The van der Waals surface area contributed by atoms with E-state index in [0.29, 0.717) is 10.8 Å². The van der Waals surface area contributed by atoms with Gasteiger partial charge in [-0.2, -0.15) is 0 Å². The van der Waals surface area contributed by atoms with Crippen molar-refractivity contribution in [2.45, 2.75) is 20.8 Å². The molecule has 3 rings (SSSR count). The quantitative estimate of drug-likeness (QED) is 0.604. The van der Waals surface area contributed by atoms with E-state index in [2.05, 4.69) is 9.97 Å². The van der Waals surface area contributed by atoms with Gasteiger partial charge in [-0.25, -0.2) is 0 Å². The molecule has 0 spiro atoms. The first-order valence-corrected chi connectivity index (χ1v) is 6.14. The van der Waals surface area contributed by atoms with Gasteiger partial charge in [0.25, 0.3) is 0 Å². The smallest absolute Gasteiger partial charge is 0.189 e. The molecule has 0 aliphatic carbocycles. The van der Waals surface area contributed by atoms with Crippen molar-refractivity contribution in [2.75, 3.05) is 0 Å². The van der Waals surface area contributed by atoms with Crippen molar-refractivity contribution in [3.8, 4) is 0 Å². The minimum atomic E-state index is -0.0591. The molecule has 2 aromatic heterocycles. The van der Waals surface area contributed by atoms with E-state index >= 15 is 0 Å². The highest BCUT2D eigenvalue weighted by atomic mass is 16.1. The zero-order chi connectivity index (χ0) is 13.7. The van der Waals surface area contributed by atoms with Gasteiger partial charge in [0.1, 0.15) is 0 Å². The fourth-order valence-electron chi connectivity index (χ4n) is 2.54. The van der Waals surface area contributed by atoms with Crippen LogP contribution in [0, 0.1) is 20.8 Å². The summed E-state index contributed by atoms with van der Waals surface area (Å²) < 4.78 is 0. The van der Waals surface area contributed by atoms with Crippen LogP contribution < -0.4 is 10.9 Å². The summed E-state index contributed by atoms with van der Waals surface area (Å²) in [6.45, 7) is 5.61. The van der Waals surface area contributed by atoms with Crippen LogP contribution in [0.4, 0.5) is 0 Å². The zero-order valence-electron chi connectivity index (χ0n) is 11.0. The third-order valence-electron chi connectivity index (χ3n) is 3.45. The monoisotopic (exact) mass is 254 g/mol. The van der Waals surface area contributed by atoms with Gasteiger partial charge in [0.15, 0.2) is 10.9 Å². The molecule has 0 atom stereocenters. The van der Waals surface area contributed by atoms with E-state index in [0.717, 1.165) is 28.0 Å². The SMILES string of the molecule is Cc1cc(=O)c2cc3c(=O)cc(C)[nH]c3c(C)c2[nH]1. The van der Waals surface area contributed by atoms with Crippen LogP contribution in [0.3, 0.4) is 0 Å². The van der Waals surface area contributed by atoms with Gasteiger partial charge in [-0.15, -0.1) is 0 Å². The van der Waals surface area contributed by atoms with Crippen LogP contribution in [0.1, 0.15) is 17.0 Å². The molecule has 4 nitrogen and oxygen atoms in total. The number of benzene rings is 1. The lowest BCUT2D eigenvalue weighted by atomic mass is 10.0. The average molecular weight is 254 g/mol. The number of fused-ring (bicyclic) bond motifs is 2. The highest BCUT2D eigenvalue weighted by Crippen LogP contribution is 2.21. The molecule has 1 aromatic carbocycles. The van der Waals surface area contributed by atoms with Gasteiger partial charge in [0.2, 0.25) is 0 Å². The fourth-order valence-corrected chi connectivity index (χ4v) is 2.54. The molecule has 0 radical (unpaired) electrons. The molecule has 4 heteroatoms. The van der Waals surface area contributed by atoms with E-state index in [1.165, 1.54) is 0 Å². The first kappa shape index (κ1) is 11.7. The van der Waals surface area contributed by atoms with Crippen molar-refractivity contribution in [2.24, 2.45) is 0 Å². The lowest BCUT2D eigenvalue weighted by molar-refractivity contribution is 1.21. The van der Waals surface area contributed by atoms with Gasteiger partial charge in [0, 0.05) is 34.3 Å². The number of rotatable bonds is 0. The second-order valence-electron chi connectivity index (χ2n) is 4.98. The van der Waals surface area contributed by atoms with Crippen molar-refractivity contribution >= 4 is 21.8 Å². The summed E-state index contributed by atoms with van der Waals surface area (Å²) in [6.07, 6.45) is 0. The average Bonchev–Trinajstić information content (AvgIpc) is 2.32. The first-order valence-electron chi connectivity index (χ1n) is 6.14. The Kier molecular flexibility index (Phi) is 2.35. The van der Waals surface area contributed by atoms with Crippen molar-refractivity contribution < 1.29 is 0 Å². The topological polar surface area (TPSA) is 65.7 Å². The molecule has 19 heavy (non-hydrogen) atoms. The standard InChI is InChI=1S/C15H14N2O2/c1-7-4-12(18)10-6-11-13(19)5-8(2)17-15(11)9(3)14(10)16-7/h4-6H,1-3H3,(H,16,18)(H,17,19). The predicted octanol–water partition coefficient (Wildman–Crippen LogP) is 2.29. The Balaban J connectivity index is 2.68. The Hall–Kier alpha value is -2.36. The highest BCUT2D eigenvalue weighted by Gasteiger charge is 2.10. The summed E-state index contributed by atoms with van der Waals surface area (Å²) in [5.74, 6) is 0. The second-order valence-corrected chi connectivity index (χ2v) is 4.98. The predicted molar refractivity (Wildman–Crippen MR) is 76.9 cm³/mol. The zero-order valence-corrected chi connectivity index (χ0v) is 11.0. The van der Waals surface area contributed by atoms with Crippen LogP contribution in [0.15, 0.2) is 27.8 Å². The number of pyridine rings is 2. The van der Waals surface area contributed by atoms with Gasteiger partial charge >= 0.3 is 0 Å². The third kappa shape index (κ3) is 1.68. The molecule has 0 aliphatic heterocycles. The number of hydrogen-bond donors (Lipinski definition) is 2. The number of hydrogen-bond acceptors (Lipinski definition) is 2. The molecule has 0 fully saturated rings. The molecule has 0 aliphatic rings. The normalized spacial score (nSPS) is 11.3. The minimum absolute atomic E-state index is 0.0591. The lowest BCUT2D eigenvalue weighted by Crippen LogP contribution is -2.09. The Morgan fingerprint density at radius 2 is 1.16 bits per heavy atom. The van der Waals surface area contributed by atoms with Gasteiger partial charge in [-0.1, -0.05) is 0 Å². The highest BCUT2D eigenvalue weighted by molar-refractivity contribution is 5.98. The van der Waals surface area contributed by atoms with E-state index in [1.54, 1.807) is 18.2 Å². The summed E-state index contributed by atoms with van der Waals surface area (Å²) >= 11 is 0. The number of aromatic amines is 2. The number of aromatic nitrogens is 2. The van der Waals surface area contributed by atoms with E-state index in [1.807, 2.05) is 20.8 Å². The summed E-state index contributed by atoms with van der Waals surface area (Å²) in [7, 11) is 0. The molecule has 3 aromatic rings. The number of H-pyrrole nitrogens is 2. The van der Waals surface area contributed by atoms with E-state index in [4.69, 9.17) is 0 Å². The Morgan fingerprint density at radius 3 is 1.58 bits per heavy atom. The Bertz CT molecular complexity index is 859. The molecule has 0 amide bonds. The second kappa shape index (κ2) is 3.82. The largest absolute Gasteiger partial charge is 0.358 e. The molecule has 0 saturated heterocycles. The molecule has 0 bridgehead atoms. The van der Waals surface area contributed by atoms with Crippen LogP contribution in [0.5, 0.6) is 0 Å². The number of aryl methyl sites for hydroxylation is 3. The van der Waals surface area contributed by atoms with Crippen LogP contribution in [-0.4, -0.2) is 9.97 Å². The first-order chi connectivity index (χ1) is 8.97. The summed E-state index contributed by atoms with van der Waals surface area (Å²) in [4.78, 5) is 30.5. The number of nitrogens with one attached hydrogen (secondary N) is 2. The maximum absolute atomic E-state index is 12.0. The van der Waals surface area contributed by atoms with Crippen LogP contribution in [-0.2, 0) is 0 Å². The Morgan fingerprint density at radius 1 is 0.737 bits per heavy atom. The fraction of sp³-hybridized carbons (Fsp3) is 0.200. The van der Waals surface area contributed by atoms with E-state index in [9.17, 15) is 9.59 Å². The lowest BCUT2D eigenvalue weighted by Gasteiger charge is -2.08. The molecule has 0 saturated carbocycles. The van der Waals surface area contributed by atoms with Crippen LogP contribution in [0.25, 0.3) is 21.8 Å². The van der Waals surface area contributed by atoms with Gasteiger partial charge in [-0.3, -0.25) is 9.59 Å². The van der Waals surface area contributed by atoms with E-state index in [-0.39, 0.29) is 10.9 Å². The molecule has 96 valence electrons. The van der Waals surface area contributed by atoms with Gasteiger partial charge in [0.05, 0.1) is 11.0 Å². The minimum Gasteiger partial charge on any atom is -0.358 e. The molecule has 0 unspecified atom stereocenters. The summed E-state index contributed by atoms with van der Waals surface area (Å²) in [5.41, 5.74) is 3.99. The van der Waals surface area contributed by atoms with E-state index < -0.39 is 0 Å². The van der Waals surface area contributed by atoms with Gasteiger partial charge < -0.3 is 9.97 Å². The molecule has 2 N–H and O–H groups in total. The van der Waals surface area contributed by atoms with Crippen molar-refractivity contribution in [3.05, 3.63) is 55.6 Å². The third-order valence-corrected chi connectivity index (χ3v) is 3.45. The summed E-state index contributed by atoms with van der Waals surface area (Å²) in [5, 5.41) is 1.12. The van der Waals surface area contributed by atoms with Crippen LogP contribution in [0.2, 0.25) is 0 Å². The maximum Gasteiger partial charge on any atom is 0.189 e. The maximum atomic E-state index is 12.0. The van der Waals surface area contributed by atoms with Crippen LogP contribution >= 0.6 is 0 Å². The molecular formula is C15H14N2O2. The molecular weight excluding hydrogens is 240 g/mol. The molecule has 2 heterocycles. The van der Waals surface area contributed by atoms with Crippen molar-refractivity contribution in [1.82, 2.24) is 9.97 Å². The van der Waals surface area contributed by atoms with Crippen molar-refractivity contribution in [3.63, 3.8) is 0 Å². The van der Waals surface area contributed by atoms with Gasteiger partial charge in [-0.05, 0) is 32.4 Å². The Labute approximate surface area is 109 Å². The van der Waals surface area contributed by atoms with Crippen molar-refractivity contribution in [1.29, 1.82) is 0 Å².